The van der Waals surface area contributed by atoms with E-state index in [-0.39, 0.29) is 17.6 Å². The molecule has 0 aromatic rings. The van der Waals surface area contributed by atoms with E-state index in [1.54, 1.807) is 6.26 Å². The van der Waals surface area contributed by atoms with E-state index in [2.05, 4.69) is 0 Å². The lowest BCUT2D eigenvalue weighted by molar-refractivity contribution is 1.51. The highest BCUT2D eigenvalue weighted by Crippen LogP contribution is 1.83. The maximum atomic E-state index is 6.48. The molecule has 0 spiro atoms. The summed E-state index contributed by atoms with van der Waals surface area (Å²) in [6.07, 6.45) is 1.77. The third-order valence-corrected chi connectivity index (χ3v) is 0.660. The van der Waals surface area contributed by atoms with Gasteiger partial charge in [-0.15, -0.1) is 12.4 Å². The summed E-state index contributed by atoms with van der Waals surface area (Å²) in [5.41, 5.74) is 4.84. The topological polar surface area (TPSA) is 49.9 Å². The van der Waals surface area contributed by atoms with Gasteiger partial charge in [-0.3, -0.25) is 5.41 Å². The highest BCUT2D eigenvalue weighted by molar-refractivity contribution is 8.13. The monoisotopic (exact) mass is 126 g/mol. The summed E-state index contributed by atoms with van der Waals surface area (Å²) in [4.78, 5) is 0. The molecule has 0 saturated carbocycles. The van der Waals surface area contributed by atoms with Crippen LogP contribution in [-0.2, 0) is 0 Å². The van der Waals surface area contributed by atoms with Gasteiger partial charge in [-0.1, -0.05) is 11.8 Å². The summed E-state index contributed by atoms with van der Waals surface area (Å²) in [5, 5.41) is 6.66. The van der Waals surface area contributed by atoms with Crippen LogP contribution in [0.25, 0.3) is 0 Å². The Morgan fingerprint density at radius 1 is 1.83 bits per heavy atom. The summed E-state index contributed by atoms with van der Waals surface area (Å²) in [7, 11) is 0. The largest absolute Gasteiger partial charge is 0.379 e. The highest BCUT2D eigenvalue weighted by atomic mass is 35.5. The fourth-order valence-electron chi connectivity index (χ4n) is 0. The van der Waals surface area contributed by atoms with Crippen molar-refractivity contribution in [2.45, 2.75) is 0 Å². The van der Waals surface area contributed by atoms with Crippen molar-refractivity contribution in [3.05, 3.63) is 0 Å². The van der Waals surface area contributed by atoms with Crippen LogP contribution in [0.5, 0.6) is 0 Å². The van der Waals surface area contributed by atoms with Crippen LogP contribution >= 0.6 is 24.2 Å². The molecule has 0 atom stereocenters. The summed E-state index contributed by atoms with van der Waals surface area (Å²) >= 11 is 1.24. The zero-order chi connectivity index (χ0) is 4.28. The van der Waals surface area contributed by atoms with E-state index in [0.29, 0.717) is 0 Å². The molecule has 0 radical (unpaired) electrons. The molecule has 4 heteroatoms. The maximum absolute atomic E-state index is 6.48. The molecule has 6 heavy (non-hydrogen) atoms. The van der Waals surface area contributed by atoms with Crippen molar-refractivity contribution in [1.29, 1.82) is 5.41 Å². The molecule has 0 aromatic heterocycles. The number of hydrogen-bond donors (Lipinski definition) is 2. The smallest absolute Gasteiger partial charge is 0.150 e. The number of halogens is 1. The van der Waals surface area contributed by atoms with Crippen molar-refractivity contribution >= 4 is 29.3 Å². The molecule has 0 fully saturated rings. The lowest BCUT2D eigenvalue weighted by Gasteiger charge is -1.78. The second kappa shape index (κ2) is 5.11. The van der Waals surface area contributed by atoms with Gasteiger partial charge in [-0.2, -0.15) is 0 Å². The number of hydrogen-bond acceptors (Lipinski definition) is 2. The Hall–Kier alpha value is 0.110. The number of nitrogens with one attached hydrogen (secondary N) is 1. The molecule has 0 amide bonds. The Kier molecular flexibility index (Phi) is 8.04. The van der Waals surface area contributed by atoms with Crippen LogP contribution < -0.4 is 5.73 Å². The van der Waals surface area contributed by atoms with E-state index in [1.807, 2.05) is 0 Å². The maximum Gasteiger partial charge on any atom is 0.150 e. The van der Waals surface area contributed by atoms with Gasteiger partial charge in [0, 0.05) is 0 Å². The van der Waals surface area contributed by atoms with E-state index in [9.17, 15) is 0 Å². The average Bonchev–Trinajstić information content (AvgIpc) is 1.38. The van der Waals surface area contributed by atoms with Gasteiger partial charge in [0.05, 0.1) is 0 Å². The molecule has 0 bridgehead atoms. The quantitative estimate of drug-likeness (QED) is 0.370. The predicted octanol–water partition coefficient (Wildman–Crippen LogP) is 0.665. The first kappa shape index (κ1) is 9.44. The molecule has 0 aliphatic heterocycles. The Labute approximate surface area is 47.4 Å². The van der Waals surface area contributed by atoms with Crippen molar-refractivity contribution in [3.63, 3.8) is 0 Å². The fraction of sp³-hybridized carbons (Fsp3) is 0.500. The van der Waals surface area contributed by atoms with E-state index in [0.717, 1.165) is 0 Å². The molecule has 0 aliphatic carbocycles. The first-order chi connectivity index (χ1) is 2.27. The normalized spacial score (nSPS) is 6.17. The lowest BCUT2D eigenvalue weighted by atomic mass is 11.4. The molecule has 2 nitrogen and oxygen atoms in total. The van der Waals surface area contributed by atoms with Crippen molar-refractivity contribution < 1.29 is 0 Å². The average molecular weight is 127 g/mol. The minimum Gasteiger partial charge on any atom is -0.379 e. The van der Waals surface area contributed by atoms with Crippen LogP contribution in [0, 0.1) is 5.41 Å². The zero-order valence-electron chi connectivity index (χ0n) is 3.39. The van der Waals surface area contributed by atoms with Gasteiger partial charge in [0.25, 0.3) is 0 Å². The standard InChI is InChI=1S/C2H6N2S.ClH/c1-5-2(3)4;/h1H3,(H3,3,4);1H. The van der Waals surface area contributed by atoms with Gasteiger partial charge >= 0.3 is 0 Å². The molecule has 0 rings (SSSR count). The Bertz CT molecular complexity index is 46.8. The summed E-state index contributed by atoms with van der Waals surface area (Å²) < 4.78 is 0. The Balaban J connectivity index is 0. The minimum absolute atomic E-state index is 0. The lowest BCUT2D eigenvalue weighted by Crippen LogP contribution is -2.01. The third kappa shape index (κ3) is 8.93. The Morgan fingerprint density at radius 2 is 2.00 bits per heavy atom. The zero-order valence-corrected chi connectivity index (χ0v) is 5.03. The number of nitrogens with two attached hydrogens (primary N) is 1. The predicted molar refractivity (Wildman–Crippen MR) is 32.7 cm³/mol. The second-order valence-electron chi connectivity index (χ2n) is 0.568. The van der Waals surface area contributed by atoms with Gasteiger partial charge in [-0.25, -0.2) is 0 Å². The molecular weight excluding hydrogens is 120 g/mol. The fourth-order valence-corrected chi connectivity index (χ4v) is 0. The van der Waals surface area contributed by atoms with E-state index in [4.69, 9.17) is 11.1 Å². The van der Waals surface area contributed by atoms with Gasteiger partial charge in [0.1, 0.15) is 0 Å². The molecule has 0 aromatic carbocycles. The van der Waals surface area contributed by atoms with Crippen molar-refractivity contribution in [3.8, 4) is 0 Å². The molecule has 0 aliphatic rings. The second-order valence-corrected chi connectivity index (χ2v) is 1.42. The first-order valence-corrected chi connectivity index (χ1v) is 2.38. The molecular formula is C2H7ClN2S. The van der Waals surface area contributed by atoms with Crippen molar-refractivity contribution in [1.82, 2.24) is 0 Å². The number of thioether (sulfide) groups is 1. The summed E-state index contributed by atoms with van der Waals surface area (Å²) in [6, 6.07) is 0. The summed E-state index contributed by atoms with van der Waals surface area (Å²) in [6.45, 7) is 0. The molecule has 0 heterocycles. The van der Waals surface area contributed by atoms with Gasteiger partial charge in [0.2, 0.25) is 0 Å². The van der Waals surface area contributed by atoms with E-state index >= 15 is 0 Å². The van der Waals surface area contributed by atoms with Gasteiger partial charge in [-0.05, 0) is 6.26 Å². The minimum atomic E-state index is 0. The van der Waals surface area contributed by atoms with Crippen LogP contribution in [0.1, 0.15) is 0 Å². The first-order valence-electron chi connectivity index (χ1n) is 1.15. The van der Waals surface area contributed by atoms with E-state index in [1.165, 1.54) is 11.8 Å². The molecule has 3 N–H and O–H groups in total. The number of rotatable bonds is 0. The number of amidine groups is 1. The van der Waals surface area contributed by atoms with Crippen LogP contribution in [0.4, 0.5) is 0 Å². The van der Waals surface area contributed by atoms with Gasteiger partial charge < -0.3 is 5.73 Å². The Morgan fingerprint density at radius 3 is 2.00 bits per heavy atom. The SMILES string of the molecule is CSC(=N)N.Cl. The molecule has 0 unspecified atom stereocenters. The van der Waals surface area contributed by atoms with Crippen molar-refractivity contribution in [2.75, 3.05) is 6.26 Å². The van der Waals surface area contributed by atoms with Crippen LogP contribution in [0.2, 0.25) is 0 Å². The summed E-state index contributed by atoms with van der Waals surface area (Å²) in [5.74, 6) is 0. The molecule has 38 valence electrons. The van der Waals surface area contributed by atoms with E-state index < -0.39 is 0 Å². The van der Waals surface area contributed by atoms with Crippen molar-refractivity contribution in [2.24, 2.45) is 5.73 Å². The van der Waals surface area contributed by atoms with Crippen LogP contribution in [0.3, 0.4) is 0 Å². The highest BCUT2D eigenvalue weighted by Gasteiger charge is 1.71. The molecule has 0 saturated heterocycles. The van der Waals surface area contributed by atoms with Gasteiger partial charge in [0.15, 0.2) is 5.17 Å². The third-order valence-electron chi connectivity index (χ3n) is 0.220. The van der Waals surface area contributed by atoms with Crippen LogP contribution in [0.15, 0.2) is 0 Å². The van der Waals surface area contributed by atoms with Crippen LogP contribution in [-0.4, -0.2) is 11.4 Å².